The third-order valence-corrected chi connectivity index (χ3v) is 5.88. The third kappa shape index (κ3) is 4.97. The second-order valence-electron chi connectivity index (χ2n) is 5.39. The Bertz CT molecular complexity index is 890. The van der Waals surface area contributed by atoms with E-state index in [1.54, 1.807) is 32.0 Å². The summed E-state index contributed by atoms with van der Waals surface area (Å²) in [5.41, 5.74) is 6.23. The topological polar surface area (TPSA) is 72.5 Å². The second kappa shape index (κ2) is 9.16. The number of hydrogen-bond donors (Lipinski definition) is 2. The van der Waals surface area contributed by atoms with E-state index < -0.39 is 0 Å². The standard InChI is InChI=1S/C18H18ClN3O3S2/c1-24-13-7-8-14(25-2)17-16(13)20-18(27-17)22-21-15(23)9-10-26-12-5-3-11(19)4-6-12/h3-8H,9-10H2,1-2H3,(H,20,22)(H,21,23). The number of ether oxygens (including phenoxy) is 2. The average Bonchev–Trinajstić information content (AvgIpc) is 3.11. The van der Waals surface area contributed by atoms with E-state index in [1.165, 1.54) is 11.3 Å². The number of hydrogen-bond acceptors (Lipinski definition) is 7. The Morgan fingerprint density at radius 3 is 2.56 bits per heavy atom. The molecule has 3 aromatic rings. The number of methoxy groups -OCH3 is 2. The van der Waals surface area contributed by atoms with E-state index in [0.717, 1.165) is 9.60 Å². The van der Waals surface area contributed by atoms with Crippen LogP contribution in [0.15, 0.2) is 41.3 Å². The summed E-state index contributed by atoms with van der Waals surface area (Å²) in [5, 5.41) is 1.26. The quantitative estimate of drug-likeness (QED) is 0.407. The van der Waals surface area contributed by atoms with Gasteiger partial charge in [0.1, 0.15) is 21.7 Å². The Kier molecular flexibility index (Phi) is 6.65. The van der Waals surface area contributed by atoms with Gasteiger partial charge in [-0.2, -0.15) is 0 Å². The van der Waals surface area contributed by atoms with Crippen molar-refractivity contribution in [1.29, 1.82) is 0 Å². The third-order valence-electron chi connectivity index (χ3n) is 3.63. The molecule has 1 heterocycles. The number of nitrogens with one attached hydrogen (secondary N) is 2. The first-order valence-corrected chi connectivity index (χ1v) is 10.2. The Labute approximate surface area is 170 Å². The number of hydrazine groups is 1. The molecule has 0 unspecified atom stereocenters. The van der Waals surface area contributed by atoms with Crippen LogP contribution in [-0.2, 0) is 4.79 Å². The largest absolute Gasteiger partial charge is 0.495 e. The molecule has 0 aliphatic rings. The summed E-state index contributed by atoms with van der Waals surface area (Å²) in [4.78, 5) is 17.6. The maximum Gasteiger partial charge on any atom is 0.239 e. The lowest BCUT2D eigenvalue weighted by atomic mass is 10.3. The van der Waals surface area contributed by atoms with Gasteiger partial charge in [-0.15, -0.1) is 11.8 Å². The predicted molar refractivity (Wildman–Crippen MR) is 111 cm³/mol. The molecule has 0 saturated carbocycles. The zero-order chi connectivity index (χ0) is 19.2. The number of fused-ring (bicyclic) bond motifs is 1. The van der Waals surface area contributed by atoms with Crippen molar-refractivity contribution in [2.24, 2.45) is 0 Å². The van der Waals surface area contributed by atoms with Crippen molar-refractivity contribution in [3.8, 4) is 11.5 Å². The summed E-state index contributed by atoms with van der Waals surface area (Å²) in [6.45, 7) is 0. The zero-order valence-corrected chi connectivity index (χ0v) is 17.1. The maximum absolute atomic E-state index is 12.0. The van der Waals surface area contributed by atoms with Gasteiger partial charge >= 0.3 is 0 Å². The molecule has 0 atom stereocenters. The summed E-state index contributed by atoms with van der Waals surface area (Å²) in [6.07, 6.45) is 0.373. The van der Waals surface area contributed by atoms with Crippen molar-refractivity contribution in [2.45, 2.75) is 11.3 Å². The van der Waals surface area contributed by atoms with Gasteiger partial charge in [0.15, 0.2) is 0 Å². The van der Waals surface area contributed by atoms with Gasteiger partial charge in [-0.25, -0.2) is 4.98 Å². The molecule has 2 aromatic carbocycles. The van der Waals surface area contributed by atoms with Crippen molar-refractivity contribution in [3.63, 3.8) is 0 Å². The monoisotopic (exact) mass is 423 g/mol. The molecule has 1 aromatic heterocycles. The first-order valence-electron chi connectivity index (χ1n) is 8.05. The van der Waals surface area contributed by atoms with Gasteiger partial charge in [0.2, 0.25) is 11.0 Å². The van der Waals surface area contributed by atoms with E-state index in [-0.39, 0.29) is 5.91 Å². The lowest BCUT2D eigenvalue weighted by Gasteiger charge is -2.05. The lowest BCUT2D eigenvalue weighted by Crippen LogP contribution is -2.29. The molecule has 6 nitrogen and oxygen atoms in total. The predicted octanol–water partition coefficient (Wildman–Crippen LogP) is 4.59. The highest BCUT2D eigenvalue weighted by Gasteiger charge is 2.14. The number of halogens is 1. The number of anilines is 1. The molecule has 27 heavy (non-hydrogen) atoms. The molecular weight excluding hydrogens is 406 g/mol. The second-order valence-corrected chi connectivity index (χ2v) is 8.00. The van der Waals surface area contributed by atoms with Crippen molar-refractivity contribution in [1.82, 2.24) is 10.4 Å². The summed E-state index contributed by atoms with van der Waals surface area (Å²) < 4.78 is 11.5. The van der Waals surface area contributed by atoms with Crippen LogP contribution in [0.2, 0.25) is 5.02 Å². The number of thiazole rings is 1. The Balaban J connectivity index is 1.54. The van der Waals surface area contributed by atoms with Gasteiger partial charge in [-0.05, 0) is 36.4 Å². The number of rotatable bonds is 8. The number of thioether (sulfide) groups is 1. The summed E-state index contributed by atoms with van der Waals surface area (Å²) >= 11 is 8.84. The summed E-state index contributed by atoms with van der Waals surface area (Å²) in [5.74, 6) is 1.91. The fourth-order valence-corrected chi connectivity index (χ4v) is 4.22. The molecule has 3 rings (SSSR count). The van der Waals surface area contributed by atoms with Crippen LogP contribution in [0.3, 0.4) is 0 Å². The van der Waals surface area contributed by atoms with E-state index in [2.05, 4.69) is 15.8 Å². The normalized spacial score (nSPS) is 10.6. The molecule has 2 N–H and O–H groups in total. The highest BCUT2D eigenvalue weighted by molar-refractivity contribution is 7.99. The van der Waals surface area contributed by atoms with Gasteiger partial charge in [-0.1, -0.05) is 22.9 Å². The van der Waals surface area contributed by atoms with Crippen molar-refractivity contribution >= 4 is 56.0 Å². The number of amides is 1. The molecule has 0 saturated heterocycles. The minimum Gasteiger partial charge on any atom is -0.495 e. The molecule has 142 valence electrons. The minimum absolute atomic E-state index is 0.116. The molecule has 0 radical (unpaired) electrons. The highest BCUT2D eigenvalue weighted by atomic mass is 35.5. The highest BCUT2D eigenvalue weighted by Crippen LogP contribution is 2.38. The van der Waals surface area contributed by atoms with Gasteiger partial charge in [-0.3, -0.25) is 15.6 Å². The Hall–Kier alpha value is -2.16. The molecule has 9 heteroatoms. The number of benzene rings is 2. The first kappa shape index (κ1) is 19.6. The van der Waals surface area contributed by atoms with Crippen LogP contribution in [0.5, 0.6) is 11.5 Å². The fraction of sp³-hybridized carbons (Fsp3) is 0.222. The van der Waals surface area contributed by atoms with Crippen LogP contribution in [0.4, 0.5) is 5.13 Å². The van der Waals surface area contributed by atoms with E-state index in [1.807, 2.05) is 30.3 Å². The molecule has 0 aliphatic carbocycles. The van der Waals surface area contributed by atoms with Crippen LogP contribution in [-0.4, -0.2) is 30.9 Å². The van der Waals surface area contributed by atoms with Crippen LogP contribution in [0, 0.1) is 0 Å². The first-order chi connectivity index (χ1) is 13.1. The van der Waals surface area contributed by atoms with Crippen molar-refractivity contribution in [2.75, 3.05) is 25.4 Å². The molecule has 1 amide bonds. The van der Waals surface area contributed by atoms with Crippen LogP contribution in [0.25, 0.3) is 10.2 Å². The van der Waals surface area contributed by atoms with Gasteiger partial charge in [0, 0.05) is 22.1 Å². The SMILES string of the molecule is COc1ccc(OC)c2sc(NNC(=O)CCSc3ccc(Cl)cc3)nc12. The summed E-state index contributed by atoms with van der Waals surface area (Å²) in [7, 11) is 3.20. The van der Waals surface area contributed by atoms with Gasteiger partial charge in [0.05, 0.1) is 14.2 Å². The van der Waals surface area contributed by atoms with E-state index >= 15 is 0 Å². The van der Waals surface area contributed by atoms with Crippen molar-refractivity contribution in [3.05, 3.63) is 41.4 Å². The van der Waals surface area contributed by atoms with Crippen LogP contribution < -0.4 is 20.3 Å². The lowest BCUT2D eigenvalue weighted by molar-refractivity contribution is -0.120. The molecular formula is C18H18ClN3O3S2. The van der Waals surface area contributed by atoms with Crippen LogP contribution in [0.1, 0.15) is 6.42 Å². The van der Waals surface area contributed by atoms with E-state index in [9.17, 15) is 4.79 Å². The molecule has 0 bridgehead atoms. The molecule has 0 spiro atoms. The number of aromatic nitrogens is 1. The van der Waals surface area contributed by atoms with Gasteiger partial charge < -0.3 is 9.47 Å². The smallest absolute Gasteiger partial charge is 0.239 e. The van der Waals surface area contributed by atoms with E-state index in [4.69, 9.17) is 21.1 Å². The van der Waals surface area contributed by atoms with Crippen LogP contribution >= 0.6 is 34.7 Å². The Morgan fingerprint density at radius 2 is 1.85 bits per heavy atom. The number of nitrogens with zero attached hydrogens (tertiary/aromatic N) is 1. The summed E-state index contributed by atoms with van der Waals surface area (Å²) in [6, 6.07) is 11.2. The number of carbonyl (C=O) groups excluding carboxylic acids is 1. The average molecular weight is 424 g/mol. The molecule has 0 aliphatic heterocycles. The Morgan fingerprint density at radius 1 is 1.15 bits per heavy atom. The van der Waals surface area contributed by atoms with Gasteiger partial charge in [0.25, 0.3) is 0 Å². The zero-order valence-electron chi connectivity index (χ0n) is 14.7. The molecule has 0 fully saturated rings. The van der Waals surface area contributed by atoms with E-state index in [0.29, 0.717) is 39.3 Å². The minimum atomic E-state index is -0.116. The number of carbonyl (C=O) groups is 1. The fourth-order valence-electron chi connectivity index (χ4n) is 2.32. The van der Waals surface area contributed by atoms with Crippen molar-refractivity contribution < 1.29 is 14.3 Å². The maximum atomic E-state index is 12.0.